The average Bonchev–Trinajstić information content (AvgIpc) is 3.03. The number of aromatic hydroxyl groups is 2. The topological polar surface area (TPSA) is 98.9 Å². The summed E-state index contributed by atoms with van der Waals surface area (Å²) in [5.74, 6) is -0.632. The summed E-state index contributed by atoms with van der Waals surface area (Å²) in [5.41, 5.74) is 0.609. The van der Waals surface area contributed by atoms with E-state index in [0.717, 1.165) is 5.01 Å². The van der Waals surface area contributed by atoms with Crippen LogP contribution in [-0.2, 0) is 4.79 Å². The molecule has 9 heteroatoms. The summed E-state index contributed by atoms with van der Waals surface area (Å²) in [4.78, 5) is 18.5. The summed E-state index contributed by atoms with van der Waals surface area (Å²) in [6.07, 6.45) is 1.64. The molecule has 0 unspecified atom stereocenters. The number of aliphatic imine (C=N–C) groups is 1. The second kappa shape index (κ2) is 6.01. The Hall–Kier alpha value is -2.39. The predicted molar refractivity (Wildman–Crippen MR) is 89.9 cm³/mol. The number of hydrogen-bond acceptors (Lipinski definition) is 8. The van der Waals surface area contributed by atoms with Crippen LogP contribution < -0.4 is 0 Å². The molecule has 2 N–H and O–H groups in total. The molecule has 0 radical (unpaired) electrons. The van der Waals surface area contributed by atoms with E-state index in [-0.39, 0.29) is 17.4 Å². The Bertz CT molecular complexity index is 844. The highest BCUT2D eigenvalue weighted by molar-refractivity contribution is 8.18. The molecule has 3 rings (SSSR count). The van der Waals surface area contributed by atoms with E-state index in [9.17, 15) is 15.0 Å². The van der Waals surface area contributed by atoms with E-state index in [1.165, 1.54) is 40.1 Å². The molecule has 1 aromatic heterocycles. The standard InChI is InChI=1S/C14H12N4O3S2/c1-7-16-17-13(22-7)15-14-18(2)12(21)11(23-14)6-8-3-4-9(19)10(20)5-8/h3-6,19-20H,1-2H3/b11-6-,15-14+. The number of phenolic OH excluding ortho intramolecular Hbond substituents is 2. The van der Waals surface area contributed by atoms with Crippen molar-refractivity contribution in [1.82, 2.24) is 15.1 Å². The van der Waals surface area contributed by atoms with Gasteiger partial charge in [0.25, 0.3) is 5.91 Å². The number of carbonyl (C=O) groups is 1. The fraction of sp³-hybridized carbons (Fsp3) is 0.143. The van der Waals surface area contributed by atoms with E-state index in [1.807, 2.05) is 6.92 Å². The minimum atomic E-state index is -0.235. The number of thioether (sulfide) groups is 1. The second-order valence-electron chi connectivity index (χ2n) is 4.72. The third-order valence-corrected chi connectivity index (χ3v) is 4.80. The summed E-state index contributed by atoms with van der Waals surface area (Å²) in [6.45, 7) is 1.83. The molecule has 1 saturated heterocycles. The molecule has 118 valence electrons. The normalized spacial score (nSPS) is 18.3. The molecule has 1 aromatic carbocycles. The first-order chi connectivity index (χ1) is 10.9. The number of nitrogens with zero attached hydrogens (tertiary/aromatic N) is 4. The molecule has 1 amide bonds. The van der Waals surface area contributed by atoms with Gasteiger partial charge in [-0.25, -0.2) is 0 Å². The van der Waals surface area contributed by atoms with E-state index in [2.05, 4.69) is 15.2 Å². The van der Waals surface area contributed by atoms with E-state index in [0.29, 0.717) is 20.8 Å². The van der Waals surface area contributed by atoms with E-state index in [1.54, 1.807) is 19.2 Å². The number of rotatable bonds is 2. The highest BCUT2D eigenvalue weighted by Gasteiger charge is 2.30. The lowest BCUT2D eigenvalue weighted by molar-refractivity contribution is -0.121. The SMILES string of the molecule is Cc1nnc(/N=C2/S/C(=C\c3ccc(O)c(O)c3)C(=O)N2C)s1. The summed E-state index contributed by atoms with van der Waals surface area (Å²) >= 11 is 2.56. The number of hydrogen-bond donors (Lipinski definition) is 2. The number of aromatic nitrogens is 2. The van der Waals surface area contributed by atoms with Gasteiger partial charge in [-0.2, -0.15) is 4.99 Å². The second-order valence-corrected chi connectivity index (χ2v) is 6.89. The Morgan fingerprint density at radius 2 is 2.04 bits per heavy atom. The van der Waals surface area contributed by atoms with Crippen LogP contribution >= 0.6 is 23.1 Å². The number of aryl methyl sites for hydroxylation is 1. The number of carbonyl (C=O) groups excluding carboxylic acids is 1. The van der Waals surface area contributed by atoms with E-state index in [4.69, 9.17) is 0 Å². The van der Waals surface area contributed by atoms with Gasteiger partial charge in [0.05, 0.1) is 4.91 Å². The molecule has 7 nitrogen and oxygen atoms in total. The Labute approximate surface area is 140 Å². The molecular weight excluding hydrogens is 336 g/mol. The summed E-state index contributed by atoms with van der Waals surface area (Å²) in [7, 11) is 1.64. The van der Waals surface area contributed by atoms with Gasteiger partial charge >= 0.3 is 0 Å². The molecular formula is C14H12N4O3S2. The number of phenols is 2. The lowest BCUT2D eigenvalue weighted by Gasteiger charge is -2.05. The van der Waals surface area contributed by atoms with Crippen LogP contribution in [0, 0.1) is 6.92 Å². The van der Waals surface area contributed by atoms with Crippen LogP contribution in [0.25, 0.3) is 6.08 Å². The maximum Gasteiger partial charge on any atom is 0.266 e. The van der Waals surface area contributed by atoms with Gasteiger partial charge < -0.3 is 10.2 Å². The van der Waals surface area contributed by atoms with E-state index >= 15 is 0 Å². The Morgan fingerprint density at radius 1 is 1.26 bits per heavy atom. The zero-order valence-corrected chi connectivity index (χ0v) is 13.9. The highest BCUT2D eigenvalue weighted by atomic mass is 32.2. The third kappa shape index (κ3) is 3.20. The van der Waals surface area contributed by atoms with Crippen molar-refractivity contribution in [2.45, 2.75) is 6.92 Å². The van der Waals surface area contributed by atoms with Gasteiger partial charge in [0.2, 0.25) is 5.13 Å². The van der Waals surface area contributed by atoms with Gasteiger partial charge in [0, 0.05) is 7.05 Å². The number of amides is 1. The van der Waals surface area contributed by atoms with Crippen LogP contribution in [-0.4, -0.2) is 43.4 Å². The van der Waals surface area contributed by atoms with Crippen molar-refractivity contribution in [3.8, 4) is 11.5 Å². The van der Waals surface area contributed by atoms with Gasteiger partial charge in [-0.1, -0.05) is 17.4 Å². The maximum absolute atomic E-state index is 12.3. The monoisotopic (exact) mass is 348 g/mol. The van der Waals surface area contributed by atoms with Crippen molar-refractivity contribution in [2.75, 3.05) is 7.05 Å². The first-order valence-corrected chi connectivity index (χ1v) is 8.16. The number of amidine groups is 1. The lowest BCUT2D eigenvalue weighted by atomic mass is 10.2. The number of benzene rings is 1. The quantitative estimate of drug-likeness (QED) is 0.639. The maximum atomic E-state index is 12.3. The zero-order valence-electron chi connectivity index (χ0n) is 12.2. The third-order valence-electron chi connectivity index (χ3n) is 3.01. The average molecular weight is 348 g/mol. The molecule has 0 atom stereocenters. The van der Waals surface area contributed by atoms with Crippen LogP contribution in [0.2, 0.25) is 0 Å². The van der Waals surface area contributed by atoms with Crippen molar-refractivity contribution >= 4 is 45.4 Å². The lowest BCUT2D eigenvalue weighted by Crippen LogP contribution is -2.23. The smallest absolute Gasteiger partial charge is 0.266 e. The molecule has 0 bridgehead atoms. The fourth-order valence-corrected chi connectivity index (χ4v) is 3.43. The molecule has 1 aliphatic rings. The van der Waals surface area contributed by atoms with Crippen molar-refractivity contribution in [3.05, 3.63) is 33.7 Å². The number of likely N-dealkylation sites (N-methyl/N-ethyl adjacent to an activating group) is 1. The molecule has 0 aliphatic carbocycles. The highest BCUT2D eigenvalue weighted by Crippen LogP contribution is 2.34. The van der Waals surface area contributed by atoms with Crippen LogP contribution in [0.4, 0.5) is 5.13 Å². The minimum Gasteiger partial charge on any atom is -0.504 e. The molecule has 1 aliphatic heterocycles. The van der Waals surface area contributed by atoms with Crippen molar-refractivity contribution in [2.24, 2.45) is 4.99 Å². The largest absolute Gasteiger partial charge is 0.504 e. The van der Waals surface area contributed by atoms with Gasteiger partial charge in [-0.15, -0.1) is 10.2 Å². The fourth-order valence-electron chi connectivity index (χ4n) is 1.85. The summed E-state index contributed by atoms with van der Waals surface area (Å²) in [6, 6.07) is 4.37. The summed E-state index contributed by atoms with van der Waals surface area (Å²) < 4.78 is 0. The van der Waals surface area contributed by atoms with Crippen molar-refractivity contribution < 1.29 is 15.0 Å². The molecule has 1 fully saturated rings. The van der Waals surface area contributed by atoms with Crippen LogP contribution in [0.1, 0.15) is 10.6 Å². The zero-order chi connectivity index (χ0) is 16.6. The Kier molecular flexibility index (Phi) is 4.05. The predicted octanol–water partition coefficient (Wildman–Crippen LogP) is 2.49. The first-order valence-electron chi connectivity index (χ1n) is 6.52. The first kappa shape index (κ1) is 15.5. The summed E-state index contributed by atoms with van der Waals surface area (Å²) in [5, 5.41) is 28.5. The molecule has 0 spiro atoms. The molecule has 2 aromatic rings. The van der Waals surface area contributed by atoms with Crippen molar-refractivity contribution in [3.63, 3.8) is 0 Å². The minimum absolute atomic E-state index is 0.192. The molecule has 0 saturated carbocycles. The van der Waals surface area contributed by atoms with Gasteiger partial charge in [0.1, 0.15) is 5.01 Å². The molecule has 2 heterocycles. The van der Waals surface area contributed by atoms with Gasteiger partial charge in [-0.05, 0) is 42.5 Å². The van der Waals surface area contributed by atoms with Crippen LogP contribution in [0.3, 0.4) is 0 Å². The van der Waals surface area contributed by atoms with Gasteiger partial charge in [-0.3, -0.25) is 9.69 Å². The van der Waals surface area contributed by atoms with Gasteiger partial charge in [0.15, 0.2) is 16.7 Å². The van der Waals surface area contributed by atoms with Crippen LogP contribution in [0.15, 0.2) is 28.1 Å². The Balaban J connectivity index is 1.90. The Morgan fingerprint density at radius 3 is 2.70 bits per heavy atom. The van der Waals surface area contributed by atoms with Crippen molar-refractivity contribution in [1.29, 1.82) is 0 Å². The van der Waals surface area contributed by atoms with E-state index < -0.39 is 0 Å². The van der Waals surface area contributed by atoms with Crippen LogP contribution in [0.5, 0.6) is 11.5 Å². The molecule has 23 heavy (non-hydrogen) atoms.